The number of halogens is 3. The van der Waals surface area contributed by atoms with Crippen molar-refractivity contribution in [2.24, 2.45) is 0 Å². The third-order valence-corrected chi connectivity index (χ3v) is 4.28. The van der Waals surface area contributed by atoms with Crippen LogP contribution in [-0.4, -0.2) is 17.4 Å². The van der Waals surface area contributed by atoms with Crippen molar-refractivity contribution in [1.29, 1.82) is 0 Å². The highest BCUT2D eigenvalue weighted by molar-refractivity contribution is 7.18. The SMILES string of the molecule is Nc1nc(Nc2ccc(F)cc2)sc1C(=O)c1ccc(OC(F)F)cc1. The molecule has 2 aromatic carbocycles. The summed E-state index contributed by atoms with van der Waals surface area (Å²) >= 11 is 1.03. The lowest BCUT2D eigenvalue weighted by atomic mass is 10.1. The summed E-state index contributed by atoms with van der Waals surface area (Å²) < 4.78 is 41.5. The van der Waals surface area contributed by atoms with E-state index in [-0.39, 0.29) is 27.8 Å². The molecule has 0 atom stereocenters. The minimum absolute atomic E-state index is 0.0394. The maximum Gasteiger partial charge on any atom is 0.387 e. The maximum atomic E-state index is 12.9. The second kappa shape index (κ2) is 7.44. The molecule has 0 aliphatic rings. The zero-order valence-electron chi connectivity index (χ0n) is 13.1. The molecule has 3 aromatic rings. The monoisotopic (exact) mass is 379 g/mol. The maximum absolute atomic E-state index is 12.9. The molecule has 1 aromatic heterocycles. The van der Waals surface area contributed by atoms with E-state index in [1.807, 2.05) is 0 Å². The minimum Gasteiger partial charge on any atom is -0.435 e. The average molecular weight is 379 g/mol. The van der Waals surface area contributed by atoms with E-state index < -0.39 is 12.4 Å². The van der Waals surface area contributed by atoms with Crippen LogP contribution < -0.4 is 15.8 Å². The summed E-state index contributed by atoms with van der Waals surface area (Å²) in [4.78, 5) is 16.8. The molecule has 134 valence electrons. The lowest BCUT2D eigenvalue weighted by molar-refractivity contribution is -0.0498. The van der Waals surface area contributed by atoms with Gasteiger partial charge in [-0.3, -0.25) is 4.79 Å². The van der Waals surface area contributed by atoms with Crippen LogP contribution in [0.3, 0.4) is 0 Å². The van der Waals surface area contributed by atoms with Gasteiger partial charge in [-0.15, -0.1) is 0 Å². The van der Waals surface area contributed by atoms with Crippen molar-refractivity contribution in [2.45, 2.75) is 6.61 Å². The molecule has 3 rings (SSSR count). The number of nitrogens with one attached hydrogen (secondary N) is 1. The first-order chi connectivity index (χ1) is 12.4. The molecule has 0 unspecified atom stereocenters. The van der Waals surface area contributed by atoms with Gasteiger partial charge in [0.15, 0.2) is 5.13 Å². The number of hydrogen-bond acceptors (Lipinski definition) is 6. The highest BCUT2D eigenvalue weighted by Gasteiger charge is 2.18. The summed E-state index contributed by atoms with van der Waals surface area (Å²) in [5, 5.41) is 3.31. The smallest absolute Gasteiger partial charge is 0.387 e. The lowest BCUT2D eigenvalue weighted by Crippen LogP contribution is -2.04. The fourth-order valence-corrected chi connectivity index (χ4v) is 2.99. The summed E-state index contributed by atoms with van der Waals surface area (Å²) in [6.07, 6.45) is 0. The Labute approximate surface area is 150 Å². The molecule has 0 aliphatic carbocycles. The van der Waals surface area contributed by atoms with Crippen molar-refractivity contribution >= 4 is 33.8 Å². The molecule has 9 heteroatoms. The third-order valence-electron chi connectivity index (χ3n) is 3.30. The number of ketones is 1. The molecule has 3 N–H and O–H groups in total. The Morgan fingerprint density at radius 1 is 1.12 bits per heavy atom. The van der Waals surface area contributed by atoms with Gasteiger partial charge < -0.3 is 15.8 Å². The van der Waals surface area contributed by atoms with Crippen LogP contribution in [0.5, 0.6) is 5.75 Å². The van der Waals surface area contributed by atoms with E-state index in [0.29, 0.717) is 10.8 Å². The van der Waals surface area contributed by atoms with Crippen LogP contribution in [0.25, 0.3) is 0 Å². The number of nitrogens with zero attached hydrogens (tertiary/aromatic N) is 1. The van der Waals surface area contributed by atoms with E-state index in [9.17, 15) is 18.0 Å². The van der Waals surface area contributed by atoms with Crippen LogP contribution in [0, 0.1) is 5.82 Å². The van der Waals surface area contributed by atoms with Gasteiger partial charge in [-0.25, -0.2) is 9.37 Å². The van der Waals surface area contributed by atoms with Crippen LogP contribution in [0.4, 0.5) is 29.8 Å². The summed E-state index contributed by atoms with van der Waals surface area (Å²) in [7, 11) is 0. The van der Waals surface area contributed by atoms with Crippen molar-refractivity contribution < 1.29 is 22.7 Å². The third kappa shape index (κ3) is 4.12. The Bertz CT molecular complexity index is 912. The lowest BCUT2D eigenvalue weighted by Gasteiger charge is -2.04. The molecule has 0 radical (unpaired) electrons. The standard InChI is InChI=1S/C17H12F3N3O2S/c18-10-3-5-11(6-4-10)22-17-23-15(21)14(26-17)13(24)9-1-7-12(8-2-9)25-16(19)20/h1-8,16H,21H2,(H,22,23). The number of aromatic nitrogens is 1. The fourth-order valence-electron chi connectivity index (χ4n) is 2.12. The second-order valence-electron chi connectivity index (χ2n) is 5.10. The quantitative estimate of drug-likeness (QED) is 0.619. The summed E-state index contributed by atoms with van der Waals surface area (Å²) in [6.45, 7) is -2.94. The summed E-state index contributed by atoms with van der Waals surface area (Å²) in [6, 6.07) is 10.9. The number of nitrogens with two attached hydrogens (primary N) is 1. The topological polar surface area (TPSA) is 77.2 Å². The van der Waals surface area contributed by atoms with E-state index in [2.05, 4.69) is 15.0 Å². The normalized spacial score (nSPS) is 10.8. The fraction of sp³-hybridized carbons (Fsp3) is 0.0588. The Balaban J connectivity index is 1.77. The van der Waals surface area contributed by atoms with Crippen LogP contribution in [-0.2, 0) is 0 Å². The van der Waals surface area contributed by atoms with Crippen LogP contribution in [0.1, 0.15) is 15.2 Å². The largest absolute Gasteiger partial charge is 0.435 e. The van der Waals surface area contributed by atoms with Crippen LogP contribution in [0.2, 0.25) is 0 Å². The van der Waals surface area contributed by atoms with Crippen LogP contribution >= 0.6 is 11.3 Å². The van der Waals surface area contributed by atoms with Gasteiger partial charge in [-0.1, -0.05) is 11.3 Å². The van der Waals surface area contributed by atoms with Gasteiger partial charge in [-0.05, 0) is 48.5 Å². The van der Waals surface area contributed by atoms with E-state index >= 15 is 0 Å². The molecule has 0 fully saturated rings. The second-order valence-corrected chi connectivity index (χ2v) is 6.10. The summed E-state index contributed by atoms with van der Waals surface area (Å²) in [5.74, 6) is -0.773. The molecule has 5 nitrogen and oxygen atoms in total. The number of thiazole rings is 1. The molecule has 0 saturated heterocycles. The average Bonchev–Trinajstić information content (AvgIpc) is 2.97. The van der Waals surface area contributed by atoms with Gasteiger partial charge in [-0.2, -0.15) is 8.78 Å². The van der Waals surface area contributed by atoms with Crippen molar-refractivity contribution in [3.63, 3.8) is 0 Å². The first-order valence-corrected chi connectivity index (χ1v) is 8.12. The molecule has 0 spiro atoms. The molecule has 0 aliphatic heterocycles. The zero-order chi connectivity index (χ0) is 18.7. The van der Waals surface area contributed by atoms with E-state index in [1.54, 1.807) is 0 Å². The van der Waals surface area contributed by atoms with E-state index in [1.165, 1.54) is 48.5 Å². The highest BCUT2D eigenvalue weighted by Crippen LogP contribution is 2.30. The molecule has 0 bridgehead atoms. The Hall–Kier alpha value is -3.07. The van der Waals surface area contributed by atoms with E-state index in [0.717, 1.165) is 11.3 Å². The first kappa shape index (κ1) is 17.7. The zero-order valence-corrected chi connectivity index (χ0v) is 13.9. The molecule has 1 heterocycles. The number of carbonyl (C=O) groups excluding carboxylic acids is 1. The Morgan fingerprint density at radius 3 is 2.38 bits per heavy atom. The predicted octanol–water partition coefficient (Wildman–Crippen LogP) is 4.44. The summed E-state index contributed by atoms with van der Waals surface area (Å²) in [5.41, 5.74) is 6.66. The first-order valence-electron chi connectivity index (χ1n) is 7.31. The van der Waals surface area contributed by atoms with Crippen LogP contribution in [0.15, 0.2) is 48.5 Å². The van der Waals surface area contributed by atoms with Gasteiger partial charge in [0, 0.05) is 11.3 Å². The minimum atomic E-state index is -2.94. The van der Waals surface area contributed by atoms with Crippen molar-refractivity contribution in [1.82, 2.24) is 4.98 Å². The Morgan fingerprint density at radius 2 is 1.77 bits per heavy atom. The molecule has 0 amide bonds. The van der Waals surface area contributed by atoms with Gasteiger partial charge in [0.1, 0.15) is 22.3 Å². The van der Waals surface area contributed by atoms with Gasteiger partial charge in [0.2, 0.25) is 5.78 Å². The number of benzene rings is 2. The van der Waals surface area contributed by atoms with Crippen molar-refractivity contribution in [2.75, 3.05) is 11.1 Å². The van der Waals surface area contributed by atoms with Gasteiger partial charge in [0.05, 0.1) is 0 Å². The predicted molar refractivity (Wildman–Crippen MR) is 92.7 cm³/mol. The number of anilines is 3. The highest BCUT2D eigenvalue weighted by atomic mass is 32.1. The Kier molecular flexibility index (Phi) is 5.08. The van der Waals surface area contributed by atoms with Crippen molar-refractivity contribution in [3.05, 3.63) is 64.8 Å². The number of carbonyl (C=O) groups is 1. The molecule has 0 saturated carbocycles. The van der Waals surface area contributed by atoms with Crippen molar-refractivity contribution in [3.8, 4) is 5.75 Å². The molecular weight excluding hydrogens is 367 g/mol. The molecule has 26 heavy (non-hydrogen) atoms. The number of hydrogen-bond donors (Lipinski definition) is 2. The van der Waals surface area contributed by atoms with Gasteiger partial charge >= 0.3 is 6.61 Å². The number of rotatable bonds is 6. The van der Waals surface area contributed by atoms with E-state index in [4.69, 9.17) is 5.73 Å². The van der Waals surface area contributed by atoms with Gasteiger partial charge in [0.25, 0.3) is 0 Å². The number of alkyl halides is 2. The number of ether oxygens (including phenoxy) is 1. The molecular formula is C17H12F3N3O2S. The number of nitrogen functional groups attached to an aromatic ring is 1.